The molecule has 1 aromatic carbocycles. The van der Waals surface area contributed by atoms with E-state index in [1.807, 2.05) is 39.8 Å². The highest BCUT2D eigenvalue weighted by Gasteiger charge is 2.49. The molecule has 182 valence electrons. The molecule has 8 heteroatoms. The lowest BCUT2D eigenvalue weighted by molar-refractivity contribution is -0.158. The number of carbonyl (C=O) groups excluding carboxylic acids is 3. The number of hydrogen-bond donors (Lipinski definition) is 2. The van der Waals surface area contributed by atoms with Crippen LogP contribution in [0.4, 0.5) is 0 Å². The molecule has 1 fully saturated rings. The predicted molar refractivity (Wildman–Crippen MR) is 129 cm³/mol. The first kappa shape index (κ1) is 24.0. The van der Waals surface area contributed by atoms with Crippen molar-refractivity contribution < 1.29 is 14.4 Å². The fourth-order valence-electron chi connectivity index (χ4n) is 5.26. The van der Waals surface area contributed by atoms with Gasteiger partial charge in [0, 0.05) is 24.8 Å². The van der Waals surface area contributed by atoms with Crippen LogP contribution >= 0.6 is 0 Å². The third-order valence-corrected chi connectivity index (χ3v) is 6.70. The Kier molecular flexibility index (Phi) is 6.77. The minimum atomic E-state index is -0.926. The molecule has 0 spiro atoms. The van der Waals surface area contributed by atoms with Crippen molar-refractivity contribution in [3.8, 4) is 0 Å². The monoisotopic (exact) mass is 465 g/mol. The first-order valence-electron chi connectivity index (χ1n) is 12.1. The van der Waals surface area contributed by atoms with E-state index < -0.39 is 18.1 Å². The zero-order valence-electron chi connectivity index (χ0n) is 20.6. The lowest BCUT2D eigenvalue weighted by Gasteiger charge is -2.44. The van der Waals surface area contributed by atoms with Crippen molar-refractivity contribution in [2.24, 2.45) is 18.9 Å². The van der Waals surface area contributed by atoms with E-state index in [0.717, 1.165) is 12.8 Å². The first-order chi connectivity index (χ1) is 16.2. The molecule has 2 heterocycles. The van der Waals surface area contributed by atoms with Crippen LogP contribution in [0, 0.1) is 11.8 Å². The van der Waals surface area contributed by atoms with Gasteiger partial charge in [0.1, 0.15) is 18.1 Å². The van der Waals surface area contributed by atoms with Gasteiger partial charge in [-0.15, -0.1) is 0 Å². The summed E-state index contributed by atoms with van der Waals surface area (Å²) in [5.74, 6) is -0.565. The fourth-order valence-corrected chi connectivity index (χ4v) is 5.26. The number of carbonyl (C=O) groups is 3. The average Bonchev–Trinajstić information content (AvgIpc) is 3.38. The topological polar surface area (TPSA) is 96.3 Å². The van der Waals surface area contributed by atoms with Gasteiger partial charge in [0.2, 0.25) is 17.7 Å². The Morgan fingerprint density at radius 3 is 2.32 bits per heavy atom. The normalized spacial score (nSPS) is 21.7. The highest BCUT2D eigenvalue weighted by atomic mass is 16.2. The smallest absolute Gasteiger partial charge is 0.247 e. The molecule has 3 atom stereocenters. The van der Waals surface area contributed by atoms with Crippen LogP contribution in [-0.2, 0) is 34.3 Å². The highest BCUT2D eigenvalue weighted by Crippen LogP contribution is 2.35. The van der Waals surface area contributed by atoms with E-state index in [1.165, 1.54) is 11.1 Å². The van der Waals surface area contributed by atoms with Crippen molar-refractivity contribution in [3.05, 3.63) is 53.3 Å². The van der Waals surface area contributed by atoms with Gasteiger partial charge in [-0.05, 0) is 56.1 Å². The molecule has 34 heavy (non-hydrogen) atoms. The molecule has 1 aliphatic carbocycles. The number of aryl methyl sites for hydroxylation is 1. The Hall–Kier alpha value is -3.16. The standard InChI is InChI=1S/C26H35N5O3/c1-15(2)10-21-24(32)29-22(19-11-17-8-6-7-9-18(17)12-19)26(34)31(21)23(25(33)28-16(3)4)20-13-27-30(5)14-20/h6-9,13-16,19,21-23H,10-12H2,1-5H3,(H,28,33)(H,29,32)/t21-,22?,23-/m1/s1. The van der Waals surface area contributed by atoms with Gasteiger partial charge in [-0.25, -0.2) is 0 Å². The maximum absolute atomic E-state index is 14.1. The van der Waals surface area contributed by atoms with Gasteiger partial charge in [-0.3, -0.25) is 19.1 Å². The van der Waals surface area contributed by atoms with Crippen LogP contribution in [0.1, 0.15) is 56.8 Å². The molecule has 4 rings (SSSR count). The van der Waals surface area contributed by atoms with E-state index in [1.54, 1.807) is 29.0 Å². The third kappa shape index (κ3) is 4.72. The second-order valence-corrected chi connectivity index (χ2v) is 10.3. The van der Waals surface area contributed by atoms with Gasteiger partial charge in [0.05, 0.1) is 6.20 Å². The Bertz CT molecular complexity index is 1050. The molecule has 2 aliphatic rings. The van der Waals surface area contributed by atoms with Crippen molar-refractivity contribution in [1.29, 1.82) is 0 Å². The van der Waals surface area contributed by atoms with Crippen LogP contribution in [0.25, 0.3) is 0 Å². The number of nitrogens with one attached hydrogen (secondary N) is 2. The molecular formula is C26H35N5O3. The number of hydrogen-bond acceptors (Lipinski definition) is 4. The molecule has 0 bridgehead atoms. The fraction of sp³-hybridized carbons (Fsp3) is 0.538. The molecule has 0 saturated carbocycles. The molecule has 8 nitrogen and oxygen atoms in total. The molecule has 3 amide bonds. The maximum atomic E-state index is 14.1. The minimum Gasteiger partial charge on any atom is -0.352 e. The van der Waals surface area contributed by atoms with Crippen molar-refractivity contribution in [2.75, 3.05) is 0 Å². The molecule has 2 aromatic rings. The average molecular weight is 466 g/mol. The summed E-state index contributed by atoms with van der Waals surface area (Å²) in [6.45, 7) is 7.80. The van der Waals surface area contributed by atoms with Gasteiger partial charge < -0.3 is 15.5 Å². The molecule has 1 unspecified atom stereocenters. The van der Waals surface area contributed by atoms with Crippen LogP contribution in [0.5, 0.6) is 0 Å². The summed E-state index contributed by atoms with van der Waals surface area (Å²) >= 11 is 0. The van der Waals surface area contributed by atoms with Crippen LogP contribution in [0.15, 0.2) is 36.7 Å². The Balaban J connectivity index is 1.73. The van der Waals surface area contributed by atoms with Crippen LogP contribution in [0.3, 0.4) is 0 Å². The van der Waals surface area contributed by atoms with Crippen LogP contribution < -0.4 is 10.6 Å². The summed E-state index contributed by atoms with van der Waals surface area (Å²) in [5.41, 5.74) is 3.03. The van der Waals surface area contributed by atoms with E-state index in [0.29, 0.717) is 12.0 Å². The zero-order chi connectivity index (χ0) is 24.6. The number of benzene rings is 1. The molecular weight excluding hydrogens is 430 g/mol. The van der Waals surface area contributed by atoms with Crippen molar-refractivity contribution in [1.82, 2.24) is 25.3 Å². The molecule has 1 saturated heterocycles. The van der Waals surface area contributed by atoms with E-state index in [-0.39, 0.29) is 35.6 Å². The van der Waals surface area contributed by atoms with Crippen LogP contribution in [0.2, 0.25) is 0 Å². The Morgan fingerprint density at radius 2 is 1.79 bits per heavy atom. The number of aromatic nitrogens is 2. The summed E-state index contributed by atoms with van der Waals surface area (Å²) in [4.78, 5) is 42.6. The number of fused-ring (bicyclic) bond motifs is 1. The molecule has 2 N–H and O–H groups in total. The SMILES string of the molecule is CC(C)C[C@@H]1C(=O)NC(C2Cc3ccccc3C2)C(=O)N1[C@@H](C(=O)NC(C)C)c1cnn(C)c1. The number of piperazine rings is 1. The van der Waals surface area contributed by atoms with Gasteiger partial charge in [0.25, 0.3) is 0 Å². The number of rotatable bonds is 7. The van der Waals surface area contributed by atoms with Crippen molar-refractivity contribution in [2.45, 2.75) is 71.1 Å². The second kappa shape index (κ2) is 9.60. The maximum Gasteiger partial charge on any atom is 0.247 e. The summed E-state index contributed by atoms with van der Waals surface area (Å²) in [6, 6.07) is 5.74. The predicted octanol–water partition coefficient (Wildman–Crippen LogP) is 2.14. The lowest BCUT2D eigenvalue weighted by Crippen LogP contribution is -2.67. The summed E-state index contributed by atoms with van der Waals surface area (Å²) < 4.78 is 1.61. The van der Waals surface area contributed by atoms with Crippen molar-refractivity contribution in [3.63, 3.8) is 0 Å². The van der Waals surface area contributed by atoms with Gasteiger partial charge in [-0.1, -0.05) is 38.1 Å². The summed E-state index contributed by atoms with van der Waals surface area (Å²) in [6.07, 6.45) is 5.28. The largest absolute Gasteiger partial charge is 0.352 e. The van der Waals surface area contributed by atoms with Gasteiger partial charge in [0.15, 0.2) is 0 Å². The van der Waals surface area contributed by atoms with Gasteiger partial charge >= 0.3 is 0 Å². The van der Waals surface area contributed by atoms with Crippen LogP contribution in [-0.4, -0.2) is 50.5 Å². The molecule has 0 radical (unpaired) electrons. The van der Waals surface area contributed by atoms with E-state index in [4.69, 9.17) is 0 Å². The third-order valence-electron chi connectivity index (χ3n) is 6.70. The lowest BCUT2D eigenvalue weighted by atomic mass is 9.88. The minimum absolute atomic E-state index is 0.0425. The zero-order valence-corrected chi connectivity index (χ0v) is 20.6. The van der Waals surface area contributed by atoms with E-state index in [9.17, 15) is 14.4 Å². The Labute approximate surface area is 201 Å². The van der Waals surface area contributed by atoms with E-state index in [2.05, 4.69) is 27.9 Å². The molecule has 1 aromatic heterocycles. The van der Waals surface area contributed by atoms with Gasteiger partial charge in [-0.2, -0.15) is 5.10 Å². The summed E-state index contributed by atoms with van der Waals surface area (Å²) in [5, 5.41) is 10.2. The van der Waals surface area contributed by atoms with E-state index >= 15 is 0 Å². The number of nitrogens with zero attached hydrogens (tertiary/aromatic N) is 3. The Morgan fingerprint density at radius 1 is 1.15 bits per heavy atom. The molecule has 1 aliphatic heterocycles. The van der Waals surface area contributed by atoms with Crippen molar-refractivity contribution >= 4 is 17.7 Å². The number of amides is 3. The second-order valence-electron chi connectivity index (χ2n) is 10.3. The summed E-state index contributed by atoms with van der Waals surface area (Å²) in [7, 11) is 1.77. The first-order valence-corrected chi connectivity index (χ1v) is 12.1. The quantitative estimate of drug-likeness (QED) is 0.655. The highest BCUT2D eigenvalue weighted by molar-refractivity contribution is 6.00.